The molecule has 0 radical (unpaired) electrons. The first-order valence-corrected chi connectivity index (χ1v) is 9.06. The molecule has 0 aliphatic heterocycles. The van der Waals surface area contributed by atoms with Gasteiger partial charge in [-0.15, -0.1) is 0 Å². The number of aromatic nitrogens is 2. The lowest BCUT2D eigenvalue weighted by Gasteiger charge is -2.22. The number of para-hydroxylation sites is 1. The molecule has 0 aliphatic carbocycles. The van der Waals surface area contributed by atoms with Gasteiger partial charge < -0.3 is 4.98 Å². The van der Waals surface area contributed by atoms with Gasteiger partial charge in [-0.3, -0.25) is 9.69 Å². The molecular formula is C23H21N3O. The molecule has 4 aromatic rings. The molecule has 4 nitrogen and oxygen atoms in total. The highest BCUT2D eigenvalue weighted by molar-refractivity contribution is 5.77. The second kappa shape index (κ2) is 7.98. The van der Waals surface area contributed by atoms with E-state index in [1.54, 1.807) is 6.07 Å². The van der Waals surface area contributed by atoms with Crippen LogP contribution >= 0.6 is 0 Å². The summed E-state index contributed by atoms with van der Waals surface area (Å²) in [5, 5.41) is 0.624. The van der Waals surface area contributed by atoms with Gasteiger partial charge in [0.1, 0.15) is 5.82 Å². The number of hydrogen-bond donors (Lipinski definition) is 1. The van der Waals surface area contributed by atoms with Crippen molar-refractivity contribution < 1.29 is 0 Å². The Morgan fingerprint density at radius 1 is 0.704 bits per heavy atom. The predicted molar refractivity (Wildman–Crippen MR) is 108 cm³/mol. The molecule has 0 bridgehead atoms. The number of rotatable bonds is 6. The van der Waals surface area contributed by atoms with Crippen LogP contribution in [-0.4, -0.2) is 14.9 Å². The lowest BCUT2D eigenvalue weighted by Crippen LogP contribution is -2.25. The summed E-state index contributed by atoms with van der Waals surface area (Å²) in [6.07, 6.45) is 0. The maximum absolute atomic E-state index is 12.4. The van der Waals surface area contributed by atoms with Crippen LogP contribution in [0.5, 0.6) is 0 Å². The zero-order valence-corrected chi connectivity index (χ0v) is 15.0. The SMILES string of the molecule is O=c1[nH]c(CN(Cc2ccccc2)Cc2ccccc2)nc2ccccc12. The number of fused-ring (bicyclic) bond motifs is 1. The molecule has 1 heterocycles. The van der Waals surface area contributed by atoms with Crippen LogP contribution in [0.2, 0.25) is 0 Å². The van der Waals surface area contributed by atoms with Crippen molar-refractivity contribution in [2.75, 3.05) is 0 Å². The summed E-state index contributed by atoms with van der Waals surface area (Å²) in [5.74, 6) is 0.686. The lowest BCUT2D eigenvalue weighted by molar-refractivity contribution is 0.241. The molecule has 134 valence electrons. The molecule has 4 rings (SSSR count). The van der Waals surface area contributed by atoms with E-state index >= 15 is 0 Å². The van der Waals surface area contributed by atoms with Gasteiger partial charge in [0, 0.05) is 13.1 Å². The fraction of sp³-hybridized carbons (Fsp3) is 0.130. The molecule has 1 aromatic heterocycles. The van der Waals surface area contributed by atoms with Crippen LogP contribution in [0.15, 0.2) is 89.7 Å². The third kappa shape index (κ3) is 4.30. The van der Waals surface area contributed by atoms with Crippen molar-refractivity contribution in [3.8, 4) is 0 Å². The summed E-state index contributed by atoms with van der Waals surface area (Å²) in [6.45, 7) is 2.14. The Bertz CT molecular complexity index is 1030. The second-order valence-corrected chi connectivity index (χ2v) is 6.65. The molecular weight excluding hydrogens is 334 g/mol. The van der Waals surface area contributed by atoms with E-state index < -0.39 is 0 Å². The van der Waals surface area contributed by atoms with Crippen molar-refractivity contribution >= 4 is 10.9 Å². The summed E-state index contributed by atoms with van der Waals surface area (Å²) in [4.78, 5) is 22.3. The number of nitrogens with zero attached hydrogens (tertiary/aromatic N) is 2. The highest BCUT2D eigenvalue weighted by atomic mass is 16.1. The average molecular weight is 355 g/mol. The first-order valence-electron chi connectivity index (χ1n) is 9.06. The Balaban J connectivity index is 1.63. The van der Waals surface area contributed by atoms with Gasteiger partial charge in [-0.1, -0.05) is 72.8 Å². The first-order chi connectivity index (χ1) is 13.3. The number of nitrogens with one attached hydrogen (secondary N) is 1. The van der Waals surface area contributed by atoms with Crippen LogP contribution in [0.25, 0.3) is 10.9 Å². The smallest absolute Gasteiger partial charge is 0.258 e. The lowest BCUT2D eigenvalue weighted by atomic mass is 10.1. The molecule has 0 atom stereocenters. The predicted octanol–water partition coefficient (Wildman–Crippen LogP) is 4.13. The Hall–Kier alpha value is -3.24. The highest BCUT2D eigenvalue weighted by Gasteiger charge is 2.11. The summed E-state index contributed by atoms with van der Waals surface area (Å²) >= 11 is 0. The quantitative estimate of drug-likeness (QED) is 0.566. The van der Waals surface area contributed by atoms with Crippen molar-refractivity contribution in [1.29, 1.82) is 0 Å². The van der Waals surface area contributed by atoms with Crippen LogP contribution in [0.3, 0.4) is 0 Å². The van der Waals surface area contributed by atoms with E-state index in [1.165, 1.54) is 11.1 Å². The fourth-order valence-electron chi connectivity index (χ4n) is 3.27. The minimum Gasteiger partial charge on any atom is -0.309 e. The van der Waals surface area contributed by atoms with Gasteiger partial charge in [-0.2, -0.15) is 0 Å². The maximum atomic E-state index is 12.4. The molecule has 27 heavy (non-hydrogen) atoms. The summed E-state index contributed by atoms with van der Waals surface area (Å²) < 4.78 is 0. The molecule has 0 unspecified atom stereocenters. The van der Waals surface area contributed by atoms with Gasteiger partial charge in [0.25, 0.3) is 5.56 Å². The van der Waals surface area contributed by atoms with E-state index in [0.29, 0.717) is 17.8 Å². The largest absolute Gasteiger partial charge is 0.309 e. The number of H-pyrrole nitrogens is 1. The van der Waals surface area contributed by atoms with Crippen molar-refractivity contribution in [3.63, 3.8) is 0 Å². The number of benzene rings is 3. The van der Waals surface area contributed by atoms with E-state index in [4.69, 9.17) is 0 Å². The monoisotopic (exact) mass is 355 g/mol. The molecule has 3 aromatic carbocycles. The summed E-state index contributed by atoms with van der Waals surface area (Å²) in [6, 6.07) is 28.2. The first kappa shape index (κ1) is 17.2. The second-order valence-electron chi connectivity index (χ2n) is 6.65. The van der Waals surface area contributed by atoms with Gasteiger partial charge in [-0.05, 0) is 23.3 Å². The van der Waals surface area contributed by atoms with Gasteiger partial charge in [0.15, 0.2) is 0 Å². The topological polar surface area (TPSA) is 49.0 Å². The van der Waals surface area contributed by atoms with Crippen molar-refractivity contribution in [3.05, 3.63) is 112 Å². The van der Waals surface area contributed by atoms with Gasteiger partial charge in [0.2, 0.25) is 0 Å². The van der Waals surface area contributed by atoms with Gasteiger partial charge >= 0.3 is 0 Å². The zero-order valence-electron chi connectivity index (χ0n) is 15.0. The summed E-state index contributed by atoms with van der Waals surface area (Å²) in [5.41, 5.74) is 3.11. The number of hydrogen-bond acceptors (Lipinski definition) is 3. The minimum absolute atomic E-state index is 0.0880. The normalized spacial score (nSPS) is 11.1. The molecule has 0 spiro atoms. The molecule has 0 fully saturated rings. The summed E-state index contributed by atoms with van der Waals surface area (Å²) in [7, 11) is 0. The van der Waals surface area contributed by atoms with Crippen LogP contribution in [0.4, 0.5) is 0 Å². The molecule has 0 saturated heterocycles. The van der Waals surface area contributed by atoms with Crippen LogP contribution < -0.4 is 5.56 Å². The fourth-order valence-corrected chi connectivity index (χ4v) is 3.27. The van der Waals surface area contributed by atoms with E-state index in [2.05, 4.69) is 39.1 Å². The molecule has 1 N–H and O–H groups in total. The average Bonchev–Trinajstić information content (AvgIpc) is 2.69. The van der Waals surface area contributed by atoms with E-state index in [-0.39, 0.29) is 5.56 Å². The molecule has 0 amide bonds. The Kier molecular flexibility index (Phi) is 5.08. The van der Waals surface area contributed by atoms with Crippen molar-refractivity contribution in [2.24, 2.45) is 0 Å². The third-order valence-electron chi connectivity index (χ3n) is 4.53. The van der Waals surface area contributed by atoms with Crippen LogP contribution in [0.1, 0.15) is 17.0 Å². The van der Waals surface area contributed by atoms with Crippen molar-refractivity contribution in [2.45, 2.75) is 19.6 Å². The Labute approximate surface area is 158 Å². The van der Waals surface area contributed by atoms with E-state index in [9.17, 15) is 4.79 Å². The zero-order chi connectivity index (χ0) is 18.5. The van der Waals surface area contributed by atoms with Gasteiger partial charge in [0.05, 0.1) is 17.4 Å². The maximum Gasteiger partial charge on any atom is 0.258 e. The van der Waals surface area contributed by atoms with Crippen molar-refractivity contribution in [1.82, 2.24) is 14.9 Å². The Morgan fingerprint density at radius 2 is 1.26 bits per heavy atom. The standard InChI is InChI=1S/C23H21N3O/c27-23-20-13-7-8-14-21(20)24-22(25-23)17-26(15-18-9-3-1-4-10-18)16-19-11-5-2-6-12-19/h1-14H,15-17H2,(H,24,25,27). The molecule has 4 heteroatoms. The van der Waals surface area contributed by atoms with E-state index in [0.717, 1.165) is 18.6 Å². The third-order valence-corrected chi connectivity index (χ3v) is 4.53. The van der Waals surface area contributed by atoms with E-state index in [1.807, 2.05) is 54.6 Å². The van der Waals surface area contributed by atoms with Crippen LogP contribution in [0, 0.1) is 0 Å². The minimum atomic E-state index is -0.0880. The van der Waals surface area contributed by atoms with Gasteiger partial charge in [-0.25, -0.2) is 4.98 Å². The van der Waals surface area contributed by atoms with Crippen LogP contribution in [-0.2, 0) is 19.6 Å². The highest BCUT2D eigenvalue weighted by Crippen LogP contribution is 2.13. The Morgan fingerprint density at radius 3 is 1.89 bits per heavy atom. The number of aromatic amines is 1. The molecule has 0 saturated carbocycles. The molecule has 0 aliphatic rings.